The van der Waals surface area contributed by atoms with Gasteiger partial charge in [-0.15, -0.1) is 0 Å². The molecule has 1 aliphatic heterocycles. The smallest absolute Gasteiger partial charge is 0.405 e. The lowest BCUT2D eigenvalue weighted by Crippen LogP contribution is -2.29. The zero-order valence-electron chi connectivity index (χ0n) is 14.5. The molecule has 0 fully saturated rings. The summed E-state index contributed by atoms with van der Waals surface area (Å²) in [5, 5.41) is 21.9. The highest BCUT2D eigenvalue weighted by molar-refractivity contribution is 5.65. The molecular weight excluding hydrogens is 344 g/mol. The molecule has 1 amide bonds. The van der Waals surface area contributed by atoms with Crippen LogP contribution in [0.5, 0.6) is 0 Å². The fourth-order valence-electron chi connectivity index (χ4n) is 3.58. The van der Waals surface area contributed by atoms with Crippen molar-refractivity contribution in [2.24, 2.45) is 0 Å². The molecule has 26 heavy (non-hydrogen) atoms. The summed E-state index contributed by atoms with van der Waals surface area (Å²) in [6.07, 6.45) is 0.987. The molecule has 1 aliphatic rings. The largest absolute Gasteiger partial charge is 0.465 e. The average Bonchev–Trinajstić information content (AvgIpc) is 2.87. The average molecular weight is 365 g/mol. The van der Waals surface area contributed by atoms with E-state index in [-0.39, 0.29) is 12.1 Å². The van der Waals surface area contributed by atoms with Crippen LogP contribution in [0.1, 0.15) is 55.7 Å². The Balaban J connectivity index is 2.08. The topological polar surface area (TPSA) is 87.4 Å². The van der Waals surface area contributed by atoms with Gasteiger partial charge in [-0.3, -0.25) is 0 Å². The molecule has 2 atom stereocenters. The number of fused-ring (bicyclic) bond motifs is 1. The van der Waals surface area contributed by atoms with E-state index >= 15 is 0 Å². The van der Waals surface area contributed by atoms with Crippen molar-refractivity contribution in [1.29, 1.82) is 0 Å². The number of nitrogens with one attached hydrogen (secondary N) is 1. The lowest BCUT2D eigenvalue weighted by Gasteiger charge is -2.23. The molecule has 1 aromatic carbocycles. The molecule has 0 bridgehead atoms. The molecule has 0 radical (unpaired) electrons. The maximum Gasteiger partial charge on any atom is 0.405 e. The van der Waals surface area contributed by atoms with Gasteiger partial charge < -0.3 is 20.1 Å². The monoisotopic (exact) mass is 365 g/mol. The number of amides is 1. The van der Waals surface area contributed by atoms with Crippen LogP contribution in [0.4, 0.5) is 13.6 Å². The van der Waals surface area contributed by atoms with Crippen LogP contribution in [0.15, 0.2) is 24.4 Å². The van der Waals surface area contributed by atoms with Crippen LogP contribution in [-0.2, 0) is 12.1 Å². The van der Waals surface area contributed by atoms with E-state index in [9.17, 15) is 18.7 Å². The van der Waals surface area contributed by atoms with Gasteiger partial charge in [0, 0.05) is 18.0 Å². The first kappa shape index (κ1) is 18.3. The van der Waals surface area contributed by atoms with Gasteiger partial charge in [0.1, 0.15) is 23.1 Å². The van der Waals surface area contributed by atoms with E-state index in [0.717, 1.165) is 0 Å². The third kappa shape index (κ3) is 3.41. The van der Waals surface area contributed by atoms with Gasteiger partial charge in [-0.25, -0.2) is 18.6 Å². The van der Waals surface area contributed by atoms with Crippen molar-refractivity contribution in [3.8, 4) is 0 Å². The minimum Gasteiger partial charge on any atom is -0.465 e. The minimum atomic E-state index is -1.23. The second kappa shape index (κ2) is 6.68. The molecule has 2 aromatic rings. The van der Waals surface area contributed by atoms with Gasteiger partial charge in [0.25, 0.3) is 0 Å². The Morgan fingerprint density at radius 3 is 2.54 bits per heavy atom. The lowest BCUT2D eigenvalue weighted by atomic mass is 9.92. The number of halogens is 2. The highest BCUT2D eigenvalue weighted by atomic mass is 19.1. The third-order valence-electron chi connectivity index (χ3n) is 4.74. The maximum absolute atomic E-state index is 14.3. The fourth-order valence-corrected chi connectivity index (χ4v) is 3.58. The van der Waals surface area contributed by atoms with Crippen LogP contribution in [0.3, 0.4) is 0 Å². The molecule has 0 aliphatic carbocycles. The van der Waals surface area contributed by atoms with Crippen molar-refractivity contribution in [2.75, 3.05) is 0 Å². The molecule has 8 heteroatoms. The standard InChI is InChI=1S/C18H21F2N3O3/c1-18(2,26)14-8-21-16-13(22-17(24)25)7-6-10(9-23(14)16)15-11(19)4-3-5-12(15)20/h3-5,8,10,13,22,26H,6-7,9H2,1-2H3,(H,24,25)/t10-,13-/m1/s1. The van der Waals surface area contributed by atoms with E-state index in [1.165, 1.54) is 24.4 Å². The number of aliphatic hydroxyl groups is 1. The van der Waals surface area contributed by atoms with Crippen molar-refractivity contribution < 1.29 is 23.8 Å². The lowest BCUT2D eigenvalue weighted by molar-refractivity contribution is 0.0690. The number of hydrogen-bond acceptors (Lipinski definition) is 3. The first-order chi connectivity index (χ1) is 12.2. The Morgan fingerprint density at radius 1 is 1.31 bits per heavy atom. The van der Waals surface area contributed by atoms with Crippen molar-refractivity contribution in [2.45, 2.75) is 50.8 Å². The van der Waals surface area contributed by atoms with Crippen LogP contribution in [0.25, 0.3) is 0 Å². The second-order valence-electron chi connectivity index (χ2n) is 7.08. The summed E-state index contributed by atoms with van der Waals surface area (Å²) >= 11 is 0. The molecule has 0 spiro atoms. The van der Waals surface area contributed by atoms with E-state index in [0.29, 0.717) is 24.4 Å². The Morgan fingerprint density at radius 2 is 1.96 bits per heavy atom. The number of rotatable bonds is 3. The number of carboxylic acid groups (broad SMARTS) is 1. The molecule has 0 saturated heterocycles. The van der Waals surface area contributed by atoms with Crippen molar-refractivity contribution >= 4 is 6.09 Å². The number of aromatic nitrogens is 2. The SMILES string of the molecule is CC(C)(O)c1cnc2n1C[C@H](c1c(F)cccc1F)CC[C@H]2NC(=O)O. The molecule has 6 nitrogen and oxygen atoms in total. The van der Waals surface area contributed by atoms with Crippen molar-refractivity contribution in [3.05, 3.63) is 53.1 Å². The number of carbonyl (C=O) groups is 1. The van der Waals surface area contributed by atoms with Gasteiger partial charge in [-0.2, -0.15) is 0 Å². The van der Waals surface area contributed by atoms with E-state index in [2.05, 4.69) is 10.3 Å². The predicted octanol–water partition coefficient (Wildman–Crippen LogP) is 3.28. The van der Waals surface area contributed by atoms with E-state index in [4.69, 9.17) is 5.11 Å². The number of benzene rings is 1. The second-order valence-corrected chi connectivity index (χ2v) is 7.08. The van der Waals surface area contributed by atoms with Crippen LogP contribution >= 0.6 is 0 Å². The minimum absolute atomic E-state index is 0.0233. The van der Waals surface area contributed by atoms with Crippen molar-refractivity contribution in [1.82, 2.24) is 14.9 Å². The summed E-state index contributed by atoms with van der Waals surface area (Å²) in [6.45, 7) is 3.37. The van der Waals surface area contributed by atoms with Gasteiger partial charge >= 0.3 is 6.09 Å². The van der Waals surface area contributed by atoms with E-state index < -0.39 is 35.3 Å². The Labute approximate surface area is 149 Å². The third-order valence-corrected chi connectivity index (χ3v) is 4.74. The van der Waals surface area contributed by atoms with E-state index in [1.54, 1.807) is 18.4 Å². The summed E-state index contributed by atoms with van der Waals surface area (Å²) in [6, 6.07) is 3.11. The number of hydrogen-bond donors (Lipinski definition) is 3. The molecule has 3 rings (SSSR count). The molecule has 140 valence electrons. The first-order valence-electron chi connectivity index (χ1n) is 8.40. The summed E-state index contributed by atoms with van der Waals surface area (Å²) in [5.74, 6) is -1.34. The van der Waals surface area contributed by atoms with Crippen LogP contribution < -0.4 is 5.32 Å². The van der Waals surface area contributed by atoms with Gasteiger partial charge in [-0.1, -0.05) is 6.07 Å². The zero-order chi connectivity index (χ0) is 19.1. The zero-order valence-corrected chi connectivity index (χ0v) is 14.5. The van der Waals surface area contributed by atoms with Crippen molar-refractivity contribution in [3.63, 3.8) is 0 Å². The normalized spacial score (nSPS) is 20.3. The van der Waals surface area contributed by atoms with Crippen LogP contribution in [0, 0.1) is 11.6 Å². The summed E-state index contributed by atoms with van der Waals surface area (Å²) in [7, 11) is 0. The first-order valence-corrected chi connectivity index (χ1v) is 8.40. The number of imidazole rings is 1. The Hall–Kier alpha value is -2.48. The quantitative estimate of drug-likeness (QED) is 0.779. The molecule has 2 heterocycles. The van der Waals surface area contributed by atoms with Crippen LogP contribution in [0.2, 0.25) is 0 Å². The summed E-state index contributed by atoms with van der Waals surface area (Å²) < 4.78 is 30.2. The van der Waals surface area contributed by atoms with Gasteiger partial charge in [-0.05, 0) is 38.8 Å². The van der Waals surface area contributed by atoms with Gasteiger partial charge in [0.15, 0.2) is 0 Å². The molecule has 0 unspecified atom stereocenters. The van der Waals surface area contributed by atoms with Gasteiger partial charge in [0.05, 0.1) is 17.9 Å². The van der Waals surface area contributed by atoms with Gasteiger partial charge in [0.2, 0.25) is 0 Å². The number of nitrogens with zero attached hydrogens (tertiary/aromatic N) is 2. The highest BCUT2D eigenvalue weighted by Crippen LogP contribution is 2.37. The van der Waals surface area contributed by atoms with E-state index in [1.807, 2.05) is 0 Å². The molecule has 0 saturated carbocycles. The highest BCUT2D eigenvalue weighted by Gasteiger charge is 2.33. The summed E-state index contributed by atoms with van der Waals surface area (Å²) in [4.78, 5) is 15.4. The summed E-state index contributed by atoms with van der Waals surface area (Å²) in [5.41, 5.74) is -0.792. The Bertz CT molecular complexity index is 809. The van der Waals surface area contributed by atoms with Crippen LogP contribution in [-0.4, -0.2) is 25.9 Å². The fraction of sp³-hybridized carbons (Fsp3) is 0.444. The molecule has 1 aromatic heterocycles. The molecular formula is C18H21F2N3O3. The maximum atomic E-state index is 14.3. The predicted molar refractivity (Wildman–Crippen MR) is 89.7 cm³/mol. The molecule has 3 N–H and O–H groups in total. The Kier molecular flexibility index (Phi) is 4.70.